The van der Waals surface area contributed by atoms with E-state index in [1.807, 2.05) is 0 Å². The first-order valence-electron chi connectivity index (χ1n) is 6.81. The van der Waals surface area contributed by atoms with Crippen LogP contribution >= 0.6 is 0 Å². The zero-order chi connectivity index (χ0) is 16.0. The van der Waals surface area contributed by atoms with E-state index in [4.69, 9.17) is 9.84 Å². The molecule has 8 heteroatoms. The summed E-state index contributed by atoms with van der Waals surface area (Å²) < 4.78 is 9.96. The van der Waals surface area contributed by atoms with E-state index in [2.05, 4.69) is 10.1 Å². The minimum absolute atomic E-state index is 0.114. The van der Waals surface area contributed by atoms with E-state index in [-0.39, 0.29) is 25.5 Å². The number of nitrogens with one attached hydrogen (secondary N) is 1. The predicted octanol–water partition coefficient (Wildman–Crippen LogP) is 0.0691. The molecule has 1 rings (SSSR count). The second kappa shape index (κ2) is 7.82. The number of carbonyl (C=O) groups is 3. The first-order chi connectivity index (χ1) is 9.85. The third kappa shape index (κ3) is 5.22. The van der Waals surface area contributed by atoms with Crippen LogP contribution in [0, 0.1) is 5.92 Å². The molecule has 0 aromatic carbocycles. The number of hydrogen-bond donors (Lipinski definition) is 2. The quantitative estimate of drug-likeness (QED) is 0.696. The Kier molecular flexibility index (Phi) is 6.41. The van der Waals surface area contributed by atoms with Gasteiger partial charge >= 0.3 is 18.0 Å². The van der Waals surface area contributed by atoms with Gasteiger partial charge in [-0.05, 0) is 5.92 Å². The second-order valence-corrected chi connectivity index (χ2v) is 5.23. The van der Waals surface area contributed by atoms with Gasteiger partial charge in [0.25, 0.3) is 0 Å². The highest BCUT2D eigenvalue weighted by Crippen LogP contribution is 2.10. The number of methoxy groups -OCH3 is 1. The Bertz CT molecular complexity index is 398. The normalized spacial score (nSPS) is 20.0. The van der Waals surface area contributed by atoms with Gasteiger partial charge < -0.3 is 24.8 Å². The van der Waals surface area contributed by atoms with Crippen LogP contribution in [-0.4, -0.2) is 66.9 Å². The van der Waals surface area contributed by atoms with E-state index in [0.717, 1.165) is 0 Å². The average molecular weight is 302 g/mol. The number of esters is 1. The summed E-state index contributed by atoms with van der Waals surface area (Å²) >= 11 is 0. The van der Waals surface area contributed by atoms with Crippen molar-refractivity contribution in [2.75, 3.05) is 26.8 Å². The monoisotopic (exact) mass is 302 g/mol. The van der Waals surface area contributed by atoms with Gasteiger partial charge in [0.2, 0.25) is 0 Å². The van der Waals surface area contributed by atoms with Gasteiger partial charge in [-0.1, -0.05) is 13.8 Å². The maximum atomic E-state index is 12.2. The van der Waals surface area contributed by atoms with Gasteiger partial charge in [0, 0.05) is 13.1 Å². The molecular weight excluding hydrogens is 280 g/mol. The highest BCUT2D eigenvalue weighted by atomic mass is 16.5. The standard InChI is InChI=1S/C13H22N2O6/c1-8(2)11(12(18)20-3)14-13(19)15-4-5-21-9(7-15)6-10(16)17/h8-9,11H,4-7H2,1-3H3,(H,14,19)(H,16,17). The molecule has 120 valence electrons. The van der Waals surface area contributed by atoms with Gasteiger partial charge in [-0.25, -0.2) is 9.59 Å². The van der Waals surface area contributed by atoms with Gasteiger partial charge in [-0.2, -0.15) is 0 Å². The fourth-order valence-electron chi connectivity index (χ4n) is 2.07. The van der Waals surface area contributed by atoms with Crippen LogP contribution in [0.3, 0.4) is 0 Å². The van der Waals surface area contributed by atoms with Crippen LogP contribution in [0.5, 0.6) is 0 Å². The molecule has 1 saturated heterocycles. The number of carboxylic acid groups (broad SMARTS) is 1. The van der Waals surface area contributed by atoms with Crippen LogP contribution in [0.15, 0.2) is 0 Å². The molecule has 2 N–H and O–H groups in total. The first-order valence-corrected chi connectivity index (χ1v) is 6.81. The molecule has 0 bridgehead atoms. The third-order valence-electron chi connectivity index (χ3n) is 3.23. The van der Waals surface area contributed by atoms with Gasteiger partial charge in [-0.3, -0.25) is 4.79 Å². The minimum Gasteiger partial charge on any atom is -0.481 e. The number of rotatable bonds is 5. The third-order valence-corrected chi connectivity index (χ3v) is 3.23. The van der Waals surface area contributed by atoms with Crippen molar-refractivity contribution in [2.24, 2.45) is 5.92 Å². The molecule has 2 atom stereocenters. The number of carbonyl (C=O) groups excluding carboxylic acids is 2. The maximum Gasteiger partial charge on any atom is 0.328 e. The molecule has 21 heavy (non-hydrogen) atoms. The zero-order valence-corrected chi connectivity index (χ0v) is 12.5. The van der Waals surface area contributed by atoms with E-state index in [9.17, 15) is 14.4 Å². The summed E-state index contributed by atoms with van der Waals surface area (Å²) in [5.41, 5.74) is 0. The average Bonchev–Trinajstić information content (AvgIpc) is 2.42. The molecule has 2 unspecified atom stereocenters. The SMILES string of the molecule is COC(=O)C(NC(=O)N1CCOC(CC(=O)O)C1)C(C)C. The number of aliphatic carboxylic acids is 1. The Labute approximate surface area is 123 Å². The Balaban J connectivity index is 2.60. The van der Waals surface area contributed by atoms with Crippen molar-refractivity contribution < 1.29 is 29.0 Å². The lowest BCUT2D eigenvalue weighted by Crippen LogP contribution is -2.54. The second-order valence-electron chi connectivity index (χ2n) is 5.23. The number of nitrogens with zero attached hydrogens (tertiary/aromatic N) is 1. The van der Waals surface area contributed by atoms with Gasteiger partial charge in [-0.15, -0.1) is 0 Å². The number of hydrogen-bond acceptors (Lipinski definition) is 5. The zero-order valence-electron chi connectivity index (χ0n) is 12.5. The van der Waals surface area contributed by atoms with Crippen LogP contribution < -0.4 is 5.32 Å². The largest absolute Gasteiger partial charge is 0.481 e. The fraction of sp³-hybridized carbons (Fsp3) is 0.769. The van der Waals surface area contributed by atoms with Crippen LogP contribution in [0.1, 0.15) is 20.3 Å². The van der Waals surface area contributed by atoms with Gasteiger partial charge in [0.1, 0.15) is 6.04 Å². The van der Waals surface area contributed by atoms with Crippen LogP contribution in [0.4, 0.5) is 4.79 Å². The van der Waals surface area contributed by atoms with E-state index in [1.165, 1.54) is 12.0 Å². The van der Waals surface area contributed by atoms with E-state index in [0.29, 0.717) is 6.54 Å². The number of amides is 2. The molecule has 1 aliphatic rings. The molecule has 1 fully saturated rings. The van der Waals surface area contributed by atoms with E-state index >= 15 is 0 Å². The van der Waals surface area contributed by atoms with Crippen LogP contribution in [-0.2, 0) is 19.1 Å². The highest BCUT2D eigenvalue weighted by molar-refractivity contribution is 5.83. The van der Waals surface area contributed by atoms with E-state index < -0.39 is 30.1 Å². The molecule has 0 aliphatic carbocycles. The molecule has 1 aliphatic heterocycles. The summed E-state index contributed by atoms with van der Waals surface area (Å²) in [5, 5.41) is 11.4. The summed E-state index contributed by atoms with van der Waals surface area (Å²) in [7, 11) is 1.27. The lowest BCUT2D eigenvalue weighted by atomic mass is 10.1. The molecule has 0 spiro atoms. The van der Waals surface area contributed by atoms with Crippen molar-refractivity contribution in [1.82, 2.24) is 10.2 Å². The molecule has 1 heterocycles. The topological polar surface area (TPSA) is 105 Å². The van der Waals surface area contributed by atoms with Crippen LogP contribution in [0.25, 0.3) is 0 Å². The highest BCUT2D eigenvalue weighted by Gasteiger charge is 2.30. The molecule has 2 amide bonds. The van der Waals surface area contributed by atoms with Crippen LogP contribution in [0.2, 0.25) is 0 Å². The van der Waals surface area contributed by atoms with Crippen molar-refractivity contribution in [3.8, 4) is 0 Å². The van der Waals surface area contributed by atoms with Crippen molar-refractivity contribution in [3.63, 3.8) is 0 Å². The molecule has 8 nitrogen and oxygen atoms in total. The lowest BCUT2D eigenvalue weighted by Gasteiger charge is -2.33. The first kappa shape index (κ1) is 17.2. The Morgan fingerprint density at radius 3 is 2.62 bits per heavy atom. The summed E-state index contributed by atoms with van der Waals surface area (Å²) in [4.78, 5) is 35.9. The lowest BCUT2D eigenvalue weighted by molar-refractivity contribution is -0.144. The number of urea groups is 1. The van der Waals surface area contributed by atoms with Crippen molar-refractivity contribution in [2.45, 2.75) is 32.4 Å². The summed E-state index contributed by atoms with van der Waals surface area (Å²) in [6.07, 6.45) is -0.688. The summed E-state index contributed by atoms with van der Waals surface area (Å²) in [6.45, 7) is 4.41. The molecular formula is C13H22N2O6. The maximum absolute atomic E-state index is 12.2. The Hall–Kier alpha value is -1.83. The Morgan fingerprint density at radius 1 is 1.43 bits per heavy atom. The summed E-state index contributed by atoms with van der Waals surface area (Å²) in [5.74, 6) is -1.59. The van der Waals surface area contributed by atoms with Gasteiger partial charge in [0.15, 0.2) is 0 Å². The summed E-state index contributed by atoms with van der Waals surface area (Å²) in [6, 6.07) is -1.15. The van der Waals surface area contributed by atoms with Crippen molar-refractivity contribution in [3.05, 3.63) is 0 Å². The van der Waals surface area contributed by atoms with E-state index in [1.54, 1.807) is 13.8 Å². The van der Waals surface area contributed by atoms with Gasteiger partial charge in [0.05, 0.1) is 26.2 Å². The minimum atomic E-state index is -0.975. The predicted molar refractivity (Wildman–Crippen MR) is 72.7 cm³/mol. The molecule has 0 aromatic rings. The number of ether oxygens (including phenoxy) is 2. The molecule has 0 radical (unpaired) electrons. The molecule has 0 saturated carbocycles. The van der Waals surface area contributed by atoms with Crippen molar-refractivity contribution >= 4 is 18.0 Å². The molecule has 0 aromatic heterocycles. The van der Waals surface area contributed by atoms with Crippen molar-refractivity contribution in [1.29, 1.82) is 0 Å². The smallest absolute Gasteiger partial charge is 0.328 e. The fourth-order valence-corrected chi connectivity index (χ4v) is 2.07. The number of carboxylic acids is 1. The number of morpholine rings is 1. The Morgan fingerprint density at radius 2 is 2.10 bits per heavy atom.